The molecule has 2 aromatic rings. The van der Waals surface area contributed by atoms with Crippen molar-refractivity contribution in [3.8, 4) is 0 Å². The van der Waals surface area contributed by atoms with Crippen LogP contribution in [-0.2, 0) is 16.1 Å². The zero-order valence-electron chi connectivity index (χ0n) is 17.5. The highest BCUT2D eigenvalue weighted by Gasteiger charge is 2.24. The maximum atomic E-state index is 12.6. The summed E-state index contributed by atoms with van der Waals surface area (Å²) in [5.74, 6) is 1.01. The Balaban J connectivity index is 1.12. The van der Waals surface area contributed by atoms with Crippen LogP contribution in [0, 0.1) is 0 Å². The molecule has 7 heteroatoms. The molecule has 4 rings (SSSR count). The number of piperidine rings is 1. The molecule has 0 aliphatic carbocycles. The minimum Gasteiger partial charge on any atom is -0.373 e. The highest BCUT2D eigenvalue weighted by atomic mass is 16.5. The Morgan fingerprint density at radius 2 is 1.63 bits per heavy atom. The summed E-state index contributed by atoms with van der Waals surface area (Å²) >= 11 is 0. The standard InChI is InChI=1S/C23H31N5O2/c29-22(27-15-17-28(18-16-27)23-24-10-4-11-25-23)9-14-26-12-7-21(8-13-26)30-19-20-5-2-1-3-6-20/h1-6,10-11,21H,7-9,12-19H2. The van der Waals surface area contributed by atoms with Crippen LogP contribution in [0.5, 0.6) is 0 Å². The van der Waals surface area contributed by atoms with E-state index in [2.05, 4.69) is 31.9 Å². The number of hydrogen-bond acceptors (Lipinski definition) is 6. The maximum Gasteiger partial charge on any atom is 0.225 e. The largest absolute Gasteiger partial charge is 0.373 e. The van der Waals surface area contributed by atoms with Crippen LogP contribution in [0.1, 0.15) is 24.8 Å². The Labute approximate surface area is 178 Å². The van der Waals surface area contributed by atoms with Gasteiger partial charge in [-0.2, -0.15) is 0 Å². The van der Waals surface area contributed by atoms with Gasteiger partial charge in [0.15, 0.2) is 0 Å². The quantitative estimate of drug-likeness (QED) is 0.699. The van der Waals surface area contributed by atoms with E-state index in [1.165, 1.54) is 5.56 Å². The zero-order valence-corrected chi connectivity index (χ0v) is 17.5. The fourth-order valence-corrected chi connectivity index (χ4v) is 4.11. The van der Waals surface area contributed by atoms with Crippen molar-refractivity contribution >= 4 is 11.9 Å². The molecular formula is C23H31N5O2. The predicted molar refractivity (Wildman–Crippen MR) is 116 cm³/mol. The zero-order chi connectivity index (χ0) is 20.6. The van der Waals surface area contributed by atoms with Crippen LogP contribution in [0.3, 0.4) is 0 Å². The van der Waals surface area contributed by atoms with Crippen molar-refractivity contribution in [2.75, 3.05) is 50.7 Å². The molecule has 30 heavy (non-hydrogen) atoms. The highest BCUT2D eigenvalue weighted by Crippen LogP contribution is 2.16. The number of anilines is 1. The molecule has 1 aromatic heterocycles. The predicted octanol–water partition coefficient (Wildman–Crippen LogP) is 2.20. The number of amides is 1. The number of piperazine rings is 1. The molecule has 0 unspecified atom stereocenters. The SMILES string of the molecule is O=C(CCN1CCC(OCc2ccccc2)CC1)N1CCN(c2ncccn2)CC1. The third-order valence-corrected chi connectivity index (χ3v) is 5.97. The summed E-state index contributed by atoms with van der Waals surface area (Å²) in [6, 6.07) is 12.2. The Morgan fingerprint density at radius 3 is 2.33 bits per heavy atom. The highest BCUT2D eigenvalue weighted by molar-refractivity contribution is 5.76. The molecule has 2 saturated heterocycles. The molecule has 0 radical (unpaired) electrons. The van der Waals surface area contributed by atoms with E-state index < -0.39 is 0 Å². The second-order valence-electron chi connectivity index (χ2n) is 8.00. The average Bonchev–Trinajstić information content (AvgIpc) is 2.83. The molecule has 0 bridgehead atoms. The first-order valence-electron chi connectivity index (χ1n) is 11.0. The van der Waals surface area contributed by atoms with Crippen molar-refractivity contribution in [1.82, 2.24) is 19.8 Å². The van der Waals surface area contributed by atoms with Crippen molar-refractivity contribution < 1.29 is 9.53 Å². The molecule has 0 spiro atoms. The molecule has 0 N–H and O–H groups in total. The third kappa shape index (κ3) is 5.77. The Bertz CT molecular complexity index is 773. The van der Waals surface area contributed by atoms with Crippen molar-refractivity contribution in [1.29, 1.82) is 0 Å². The van der Waals surface area contributed by atoms with Gasteiger partial charge in [-0.3, -0.25) is 4.79 Å². The van der Waals surface area contributed by atoms with Gasteiger partial charge in [0.25, 0.3) is 0 Å². The van der Waals surface area contributed by atoms with Crippen LogP contribution in [0.2, 0.25) is 0 Å². The summed E-state index contributed by atoms with van der Waals surface area (Å²) < 4.78 is 6.07. The lowest BCUT2D eigenvalue weighted by atomic mass is 10.1. The van der Waals surface area contributed by atoms with Crippen LogP contribution < -0.4 is 4.90 Å². The van der Waals surface area contributed by atoms with Crippen molar-refractivity contribution in [3.05, 3.63) is 54.4 Å². The number of carbonyl (C=O) groups excluding carboxylic acids is 1. The fourth-order valence-electron chi connectivity index (χ4n) is 4.11. The topological polar surface area (TPSA) is 61.8 Å². The van der Waals surface area contributed by atoms with Gasteiger partial charge in [0, 0.05) is 64.6 Å². The van der Waals surface area contributed by atoms with Gasteiger partial charge in [-0.05, 0) is 24.5 Å². The first-order chi connectivity index (χ1) is 14.8. The summed E-state index contributed by atoms with van der Waals surface area (Å²) in [4.78, 5) is 27.8. The monoisotopic (exact) mass is 409 g/mol. The summed E-state index contributed by atoms with van der Waals surface area (Å²) in [6.45, 7) is 6.60. The van der Waals surface area contributed by atoms with Crippen LogP contribution in [-0.4, -0.2) is 77.6 Å². The number of carbonyl (C=O) groups is 1. The van der Waals surface area contributed by atoms with Gasteiger partial charge in [-0.1, -0.05) is 30.3 Å². The summed E-state index contributed by atoms with van der Waals surface area (Å²) in [5, 5.41) is 0. The number of aromatic nitrogens is 2. The second kappa shape index (κ2) is 10.5. The van der Waals surface area contributed by atoms with E-state index in [1.54, 1.807) is 12.4 Å². The van der Waals surface area contributed by atoms with Gasteiger partial charge in [0.05, 0.1) is 12.7 Å². The van der Waals surface area contributed by atoms with Crippen LogP contribution >= 0.6 is 0 Å². The molecule has 1 aromatic carbocycles. The number of likely N-dealkylation sites (tertiary alicyclic amines) is 1. The van der Waals surface area contributed by atoms with Crippen molar-refractivity contribution in [2.24, 2.45) is 0 Å². The Kier molecular flexibility index (Phi) is 7.26. The third-order valence-electron chi connectivity index (χ3n) is 5.97. The van der Waals surface area contributed by atoms with Gasteiger partial charge >= 0.3 is 0 Å². The van der Waals surface area contributed by atoms with Gasteiger partial charge in [-0.25, -0.2) is 9.97 Å². The van der Waals surface area contributed by atoms with Gasteiger partial charge in [-0.15, -0.1) is 0 Å². The lowest BCUT2D eigenvalue weighted by molar-refractivity contribution is -0.132. The number of nitrogens with zero attached hydrogens (tertiary/aromatic N) is 5. The van der Waals surface area contributed by atoms with E-state index in [9.17, 15) is 4.79 Å². The van der Waals surface area contributed by atoms with Crippen LogP contribution in [0.15, 0.2) is 48.8 Å². The maximum absolute atomic E-state index is 12.6. The summed E-state index contributed by atoms with van der Waals surface area (Å²) in [6.07, 6.45) is 6.52. The number of benzene rings is 1. The molecule has 3 heterocycles. The minimum atomic E-state index is 0.256. The fraction of sp³-hybridized carbons (Fsp3) is 0.522. The molecule has 2 aliphatic rings. The first kappa shape index (κ1) is 20.8. The van der Waals surface area contributed by atoms with Crippen molar-refractivity contribution in [2.45, 2.75) is 32.0 Å². The molecule has 0 atom stereocenters. The van der Waals surface area contributed by atoms with E-state index in [0.717, 1.165) is 64.6 Å². The summed E-state index contributed by atoms with van der Waals surface area (Å²) in [7, 11) is 0. The van der Waals surface area contributed by atoms with E-state index in [1.807, 2.05) is 29.2 Å². The molecule has 1 amide bonds. The minimum absolute atomic E-state index is 0.256. The number of hydrogen-bond donors (Lipinski definition) is 0. The molecule has 2 aliphatic heterocycles. The number of rotatable bonds is 7. The van der Waals surface area contributed by atoms with E-state index in [4.69, 9.17) is 4.74 Å². The lowest BCUT2D eigenvalue weighted by Gasteiger charge is -2.36. The second-order valence-corrected chi connectivity index (χ2v) is 8.00. The molecule has 7 nitrogen and oxygen atoms in total. The Hall–Kier alpha value is -2.51. The van der Waals surface area contributed by atoms with Crippen molar-refractivity contribution in [3.63, 3.8) is 0 Å². The lowest BCUT2D eigenvalue weighted by Crippen LogP contribution is -2.50. The van der Waals surface area contributed by atoms with Gasteiger partial charge in [0.2, 0.25) is 11.9 Å². The van der Waals surface area contributed by atoms with Gasteiger partial charge < -0.3 is 19.4 Å². The molecule has 160 valence electrons. The number of ether oxygens (including phenoxy) is 1. The molecule has 0 saturated carbocycles. The normalized spacial score (nSPS) is 18.5. The Morgan fingerprint density at radius 1 is 0.933 bits per heavy atom. The first-order valence-corrected chi connectivity index (χ1v) is 11.0. The van der Waals surface area contributed by atoms with Crippen LogP contribution in [0.4, 0.5) is 5.95 Å². The van der Waals surface area contributed by atoms with Gasteiger partial charge in [0.1, 0.15) is 0 Å². The smallest absolute Gasteiger partial charge is 0.225 e. The molecule has 2 fully saturated rings. The van der Waals surface area contributed by atoms with E-state index in [0.29, 0.717) is 19.1 Å². The summed E-state index contributed by atoms with van der Waals surface area (Å²) in [5.41, 5.74) is 1.23. The van der Waals surface area contributed by atoms with E-state index >= 15 is 0 Å². The molecular weight excluding hydrogens is 378 g/mol. The average molecular weight is 410 g/mol. The van der Waals surface area contributed by atoms with E-state index in [-0.39, 0.29) is 5.91 Å². The van der Waals surface area contributed by atoms with Crippen LogP contribution in [0.25, 0.3) is 0 Å².